The fourth-order valence-electron chi connectivity index (χ4n) is 2.67. The van der Waals surface area contributed by atoms with Crippen molar-refractivity contribution in [3.8, 4) is 17.4 Å². The van der Waals surface area contributed by atoms with Crippen molar-refractivity contribution in [3.63, 3.8) is 0 Å². The fourth-order valence-corrected chi connectivity index (χ4v) is 2.67. The lowest BCUT2D eigenvalue weighted by molar-refractivity contribution is 0.101. The van der Waals surface area contributed by atoms with Crippen LogP contribution in [0.15, 0.2) is 66.9 Å². The van der Waals surface area contributed by atoms with E-state index in [9.17, 15) is 13.6 Å². The lowest BCUT2D eigenvalue weighted by Gasteiger charge is -2.09. The molecule has 0 saturated carbocycles. The number of anilines is 1. The maximum absolute atomic E-state index is 13.7. The van der Waals surface area contributed by atoms with E-state index in [-0.39, 0.29) is 5.88 Å². The third-order valence-corrected chi connectivity index (χ3v) is 4.11. The van der Waals surface area contributed by atoms with Gasteiger partial charge in [-0.2, -0.15) is 5.10 Å². The van der Waals surface area contributed by atoms with Crippen molar-refractivity contribution in [2.45, 2.75) is 6.92 Å². The van der Waals surface area contributed by atoms with Crippen LogP contribution >= 0.6 is 0 Å². The molecule has 0 fully saturated rings. The molecule has 0 bridgehead atoms. The van der Waals surface area contributed by atoms with Crippen molar-refractivity contribution >= 4 is 11.6 Å². The summed E-state index contributed by atoms with van der Waals surface area (Å²) in [6, 6.07) is 14.7. The van der Waals surface area contributed by atoms with Crippen LogP contribution in [0.5, 0.6) is 11.6 Å². The molecule has 2 aromatic heterocycles. The van der Waals surface area contributed by atoms with E-state index in [1.54, 1.807) is 47.3 Å². The van der Waals surface area contributed by atoms with Gasteiger partial charge < -0.3 is 10.1 Å². The third-order valence-electron chi connectivity index (χ3n) is 4.11. The van der Waals surface area contributed by atoms with E-state index in [4.69, 9.17) is 4.74 Å². The summed E-state index contributed by atoms with van der Waals surface area (Å²) in [4.78, 5) is 12.1. The molecule has 30 heavy (non-hydrogen) atoms. The molecule has 0 unspecified atom stereocenters. The van der Waals surface area contributed by atoms with Gasteiger partial charge in [0.05, 0.1) is 5.69 Å². The van der Waals surface area contributed by atoms with Crippen molar-refractivity contribution in [1.82, 2.24) is 20.0 Å². The monoisotopic (exact) mass is 407 g/mol. The van der Waals surface area contributed by atoms with E-state index in [0.29, 0.717) is 17.3 Å². The molecular formula is C21H15F2N5O2. The molecule has 1 N–H and O–H groups in total. The molecule has 0 spiro atoms. The van der Waals surface area contributed by atoms with Gasteiger partial charge in [-0.05, 0) is 55.5 Å². The molecule has 2 heterocycles. The van der Waals surface area contributed by atoms with Crippen LogP contribution in [0.2, 0.25) is 0 Å². The Morgan fingerprint density at radius 2 is 1.70 bits per heavy atom. The SMILES string of the molecule is Cc1ccn(-c2ccc(Oc3ccc(NC(=O)c4c(F)cccc4F)cc3)nn2)n1. The molecule has 9 heteroatoms. The van der Waals surface area contributed by atoms with Crippen LogP contribution in [0.25, 0.3) is 5.82 Å². The Hall–Kier alpha value is -4.14. The largest absolute Gasteiger partial charge is 0.438 e. The number of nitrogens with one attached hydrogen (secondary N) is 1. The van der Waals surface area contributed by atoms with Crippen molar-refractivity contribution in [1.29, 1.82) is 0 Å². The zero-order valence-electron chi connectivity index (χ0n) is 15.7. The predicted molar refractivity (Wildman–Crippen MR) is 105 cm³/mol. The summed E-state index contributed by atoms with van der Waals surface area (Å²) in [5.74, 6) is -1.47. The number of carbonyl (C=O) groups is 1. The minimum Gasteiger partial charge on any atom is -0.438 e. The molecule has 0 atom stereocenters. The van der Waals surface area contributed by atoms with E-state index in [1.807, 2.05) is 13.0 Å². The maximum Gasteiger partial charge on any atom is 0.261 e. The van der Waals surface area contributed by atoms with E-state index in [1.165, 1.54) is 6.07 Å². The first-order valence-corrected chi connectivity index (χ1v) is 8.89. The summed E-state index contributed by atoms with van der Waals surface area (Å²) >= 11 is 0. The molecule has 0 aliphatic heterocycles. The maximum atomic E-state index is 13.7. The van der Waals surface area contributed by atoms with E-state index in [2.05, 4.69) is 20.6 Å². The number of halogens is 2. The second-order valence-electron chi connectivity index (χ2n) is 6.31. The quantitative estimate of drug-likeness (QED) is 0.534. The van der Waals surface area contributed by atoms with Crippen LogP contribution in [-0.4, -0.2) is 25.9 Å². The highest BCUT2D eigenvalue weighted by atomic mass is 19.1. The van der Waals surface area contributed by atoms with Crippen LogP contribution in [0, 0.1) is 18.6 Å². The summed E-state index contributed by atoms with van der Waals surface area (Å²) in [6.07, 6.45) is 1.78. The van der Waals surface area contributed by atoms with E-state index >= 15 is 0 Å². The Bertz CT molecular complexity index is 1170. The first-order chi connectivity index (χ1) is 14.5. The van der Waals surface area contributed by atoms with Gasteiger partial charge in [-0.25, -0.2) is 13.5 Å². The third kappa shape index (κ3) is 4.14. The number of aromatic nitrogens is 4. The molecule has 7 nitrogen and oxygen atoms in total. The van der Waals surface area contributed by atoms with Gasteiger partial charge in [0.25, 0.3) is 5.91 Å². The number of aryl methyl sites for hydroxylation is 1. The second-order valence-corrected chi connectivity index (χ2v) is 6.31. The minimum atomic E-state index is -0.931. The molecule has 0 radical (unpaired) electrons. The summed E-state index contributed by atoms with van der Waals surface area (Å²) < 4.78 is 34.6. The van der Waals surface area contributed by atoms with Gasteiger partial charge >= 0.3 is 0 Å². The van der Waals surface area contributed by atoms with Gasteiger partial charge in [-0.15, -0.1) is 10.2 Å². The molecule has 0 saturated heterocycles. The van der Waals surface area contributed by atoms with Crippen molar-refractivity contribution in [2.24, 2.45) is 0 Å². The van der Waals surface area contributed by atoms with Crippen molar-refractivity contribution < 1.29 is 18.3 Å². The second kappa shape index (κ2) is 8.08. The molecule has 4 rings (SSSR count). The van der Waals surface area contributed by atoms with Crippen LogP contribution < -0.4 is 10.1 Å². The molecule has 0 aliphatic carbocycles. The number of benzene rings is 2. The van der Waals surface area contributed by atoms with E-state index < -0.39 is 23.1 Å². The molecule has 1 amide bonds. The first kappa shape index (κ1) is 19.2. The number of nitrogens with zero attached hydrogens (tertiary/aromatic N) is 4. The summed E-state index contributed by atoms with van der Waals surface area (Å²) in [5, 5.41) is 14.8. The molecule has 2 aromatic carbocycles. The van der Waals surface area contributed by atoms with Crippen molar-refractivity contribution in [2.75, 3.05) is 5.32 Å². The predicted octanol–water partition coefficient (Wildman–Crippen LogP) is 4.29. The van der Waals surface area contributed by atoms with E-state index in [0.717, 1.165) is 17.8 Å². The Balaban J connectivity index is 1.42. The molecule has 0 aliphatic rings. The zero-order chi connectivity index (χ0) is 21.1. The van der Waals surface area contributed by atoms with Gasteiger partial charge in [0.2, 0.25) is 5.88 Å². The zero-order valence-corrected chi connectivity index (χ0v) is 15.7. The van der Waals surface area contributed by atoms with Crippen molar-refractivity contribution in [3.05, 3.63) is 89.8 Å². The molecule has 4 aromatic rings. The highest BCUT2D eigenvalue weighted by Crippen LogP contribution is 2.22. The van der Waals surface area contributed by atoms with Crippen LogP contribution in [-0.2, 0) is 0 Å². The smallest absolute Gasteiger partial charge is 0.261 e. The Morgan fingerprint density at radius 1 is 0.967 bits per heavy atom. The summed E-state index contributed by atoms with van der Waals surface area (Å²) in [7, 11) is 0. The molecular weight excluding hydrogens is 392 g/mol. The van der Waals surface area contributed by atoms with Gasteiger partial charge in [0.1, 0.15) is 22.9 Å². The van der Waals surface area contributed by atoms with Gasteiger partial charge in [0.15, 0.2) is 5.82 Å². The minimum absolute atomic E-state index is 0.271. The number of carbonyl (C=O) groups excluding carboxylic acids is 1. The topological polar surface area (TPSA) is 81.9 Å². The average molecular weight is 407 g/mol. The number of rotatable bonds is 5. The lowest BCUT2D eigenvalue weighted by Crippen LogP contribution is -2.15. The summed E-state index contributed by atoms with van der Waals surface area (Å²) in [5.41, 5.74) is 0.577. The first-order valence-electron chi connectivity index (χ1n) is 8.89. The van der Waals surface area contributed by atoms with Gasteiger partial charge in [-0.1, -0.05) is 6.07 Å². The number of ether oxygens (including phenoxy) is 1. The van der Waals surface area contributed by atoms with Gasteiger partial charge in [0, 0.05) is 18.0 Å². The summed E-state index contributed by atoms with van der Waals surface area (Å²) in [6.45, 7) is 1.88. The lowest BCUT2D eigenvalue weighted by atomic mass is 10.2. The number of amides is 1. The highest BCUT2D eigenvalue weighted by Gasteiger charge is 2.17. The Morgan fingerprint density at radius 3 is 2.30 bits per heavy atom. The standard InChI is InChI=1S/C21H15F2N5O2/c1-13-11-12-28(27-13)18-9-10-19(26-25-18)30-15-7-5-14(6-8-15)24-21(29)20-16(22)3-2-4-17(20)23/h2-12H,1H3,(H,24,29). The number of hydrogen-bond acceptors (Lipinski definition) is 5. The number of hydrogen-bond donors (Lipinski definition) is 1. The Kier molecular flexibility index (Phi) is 5.17. The molecule has 150 valence electrons. The Labute approximate surface area is 170 Å². The van der Waals surface area contributed by atoms with Crippen LogP contribution in [0.4, 0.5) is 14.5 Å². The normalized spacial score (nSPS) is 10.6. The van der Waals surface area contributed by atoms with Crippen LogP contribution in [0.3, 0.4) is 0 Å². The fraction of sp³-hybridized carbons (Fsp3) is 0.0476. The van der Waals surface area contributed by atoms with Gasteiger partial charge in [-0.3, -0.25) is 4.79 Å². The van der Waals surface area contributed by atoms with Crippen LogP contribution in [0.1, 0.15) is 16.1 Å². The average Bonchev–Trinajstić information content (AvgIpc) is 3.16. The highest BCUT2D eigenvalue weighted by molar-refractivity contribution is 6.04.